The number of nitrogens with one attached hydrogen (secondary N) is 1. The Morgan fingerprint density at radius 3 is 2.48 bits per heavy atom. The summed E-state index contributed by atoms with van der Waals surface area (Å²) < 4.78 is 39.2. The Balaban J connectivity index is 1.64. The van der Waals surface area contributed by atoms with E-state index in [9.17, 15) is 22.8 Å². The van der Waals surface area contributed by atoms with Gasteiger partial charge in [-0.25, -0.2) is 4.90 Å². The third kappa shape index (κ3) is 3.65. The number of anilines is 2. The molecule has 4 nitrogen and oxygen atoms in total. The van der Waals surface area contributed by atoms with Crippen LogP contribution in [0.3, 0.4) is 0 Å². The van der Waals surface area contributed by atoms with Crippen LogP contribution in [0.5, 0.6) is 0 Å². The van der Waals surface area contributed by atoms with Crippen LogP contribution < -0.4 is 10.2 Å². The summed E-state index contributed by atoms with van der Waals surface area (Å²) in [7, 11) is 0. The van der Waals surface area contributed by atoms with Crippen LogP contribution in [0.25, 0.3) is 10.8 Å². The van der Waals surface area contributed by atoms with Gasteiger partial charge in [-0.15, -0.1) is 0 Å². The molecule has 1 aliphatic rings. The molecule has 1 N–H and O–H groups in total. The van der Waals surface area contributed by atoms with Gasteiger partial charge in [-0.1, -0.05) is 48.0 Å². The quantitative estimate of drug-likeness (QED) is 0.535. The van der Waals surface area contributed by atoms with Gasteiger partial charge >= 0.3 is 6.18 Å². The molecule has 9 heteroatoms. The van der Waals surface area contributed by atoms with E-state index in [4.69, 9.17) is 11.6 Å². The number of amides is 2. The van der Waals surface area contributed by atoms with Crippen molar-refractivity contribution >= 4 is 56.7 Å². The fourth-order valence-corrected chi connectivity index (χ4v) is 4.23. The number of rotatable bonds is 3. The zero-order chi connectivity index (χ0) is 20.8. The van der Waals surface area contributed by atoms with Crippen molar-refractivity contribution in [2.45, 2.75) is 11.6 Å². The minimum atomic E-state index is -4.63. The summed E-state index contributed by atoms with van der Waals surface area (Å²) in [6.07, 6.45) is -4.63. The number of hydrogen-bond donors (Lipinski definition) is 1. The number of benzene rings is 3. The van der Waals surface area contributed by atoms with Gasteiger partial charge in [0.05, 0.1) is 16.3 Å². The van der Waals surface area contributed by atoms with Crippen LogP contribution in [-0.4, -0.2) is 16.5 Å². The summed E-state index contributed by atoms with van der Waals surface area (Å²) in [5.41, 5.74) is -0.543. The van der Waals surface area contributed by atoms with E-state index < -0.39 is 33.3 Å². The molecule has 3 aromatic rings. The van der Waals surface area contributed by atoms with Gasteiger partial charge in [-0.2, -0.15) is 13.2 Å². The van der Waals surface area contributed by atoms with E-state index in [1.54, 1.807) is 24.3 Å². The van der Waals surface area contributed by atoms with Gasteiger partial charge in [-0.05, 0) is 41.4 Å². The van der Waals surface area contributed by atoms with Crippen LogP contribution in [-0.2, 0) is 11.0 Å². The van der Waals surface area contributed by atoms with Crippen molar-refractivity contribution in [2.24, 2.45) is 0 Å². The van der Waals surface area contributed by atoms with Crippen molar-refractivity contribution in [3.63, 3.8) is 0 Å². The molecule has 0 radical (unpaired) electrons. The van der Waals surface area contributed by atoms with E-state index in [0.717, 1.165) is 27.8 Å². The average Bonchev–Trinajstić information content (AvgIpc) is 2.95. The second kappa shape index (κ2) is 7.27. The van der Waals surface area contributed by atoms with Crippen molar-refractivity contribution in [2.75, 3.05) is 10.2 Å². The molecule has 0 aromatic heterocycles. The van der Waals surface area contributed by atoms with E-state index in [2.05, 4.69) is 5.32 Å². The monoisotopic (exact) mass is 436 g/mol. The predicted octanol–water partition coefficient (Wildman–Crippen LogP) is 6.15. The van der Waals surface area contributed by atoms with Gasteiger partial charge in [0, 0.05) is 11.1 Å². The molecule has 2 amide bonds. The fourth-order valence-electron chi connectivity index (χ4n) is 3.11. The van der Waals surface area contributed by atoms with E-state index >= 15 is 0 Å². The summed E-state index contributed by atoms with van der Waals surface area (Å²) in [5, 5.41) is 2.29. The maximum Gasteiger partial charge on any atom is 0.417 e. The Labute approximate surface area is 172 Å². The van der Waals surface area contributed by atoms with Gasteiger partial charge in [-0.3, -0.25) is 9.59 Å². The molecule has 1 atom stereocenters. The molecular formula is C20H12ClF3N2O2S. The lowest BCUT2D eigenvalue weighted by Gasteiger charge is -2.17. The average molecular weight is 437 g/mol. The summed E-state index contributed by atoms with van der Waals surface area (Å²) in [6.45, 7) is 0. The van der Waals surface area contributed by atoms with Crippen molar-refractivity contribution in [3.8, 4) is 0 Å². The summed E-state index contributed by atoms with van der Waals surface area (Å²) >= 11 is 6.34. The predicted molar refractivity (Wildman–Crippen MR) is 108 cm³/mol. The normalized spacial score (nSPS) is 17.2. The lowest BCUT2D eigenvalue weighted by molar-refractivity contribution is -0.137. The molecule has 0 spiro atoms. The molecule has 29 heavy (non-hydrogen) atoms. The Hall–Kier alpha value is -2.71. The van der Waals surface area contributed by atoms with Crippen molar-refractivity contribution in [1.82, 2.24) is 0 Å². The third-order valence-corrected chi connectivity index (χ3v) is 5.69. The minimum absolute atomic E-state index is 0.0418. The molecule has 0 aliphatic carbocycles. The van der Waals surface area contributed by atoms with Crippen LogP contribution >= 0.6 is 23.4 Å². The molecule has 1 aliphatic heterocycles. The Kier molecular flexibility index (Phi) is 4.92. The topological polar surface area (TPSA) is 49.4 Å². The van der Waals surface area contributed by atoms with Gasteiger partial charge in [0.1, 0.15) is 0 Å². The minimum Gasteiger partial charge on any atom is -0.365 e. The number of halogens is 4. The maximum absolute atomic E-state index is 13.1. The second-order valence-electron chi connectivity index (χ2n) is 6.27. The summed E-state index contributed by atoms with van der Waals surface area (Å²) in [6, 6.07) is 15.8. The number of fused-ring (bicyclic) bond motifs is 1. The highest BCUT2D eigenvalue weighted by molar-refractivity contribution is 8.16. The zero-order valence-corrected chi connectivity index (χ0v) is 16.1. The first-order valence-electron chi connectivity index (χ1n) is 8.41. The molecule has 4 rings (SSSR count). The number of alkyl halides is 3. The van der Waals surface area contributed by atoms with Crippen molar-refractivity contribution in [3.05, 3.63) is 71.2 Å². The highest BCUT2D eigenvalue weighted by atomic mass is 35.5. The number of thioether (sulfide) groups is 1. The number of carbonyl (C=O) groups is 2. The van der Waals surface area contributed by atoms with Gasteiger partial charge in [0.2, 0.25) is 0 Å². The first kappa shape index (κ1) is 19.6. The number of carbonyl (C=O) groups excluding carboxylic acids is 2. The Morgan fingerprint density at radius 1 is 1.00 bits per heavy atom. The Bertz CT molecular complexity index is 1130. The fraction of sp³-hybridized carbons (Fsp3) is 0.100. The van der Waals surface area contributed by atoms with Gasteiger partial charge in [0.25, 0.3) is 11.1 Å². The molecule has 148 valence electrons. The molecule has 1 fully saturated rings. The van der Waals surface area contributed by atoms with E-state index in [-0.39, 0.29) is 5.69 Å². The highest BCUT2D eigenvalue weighted by Crippen LogP contribution is 2.39. The van der Waals surface area contributed by atoms with Crippen LogP contribution in [0.2, 0.25) is 5.02 Å². The van der Waals surface area contributed by atoms with E-state index in [0.29, 0.717) is 17.4 Å². The van der Waals surface area contributed by atoms with Gasteiger partial charge < -0.3 is 5.32 Å². The number of hydrogen-bond acceptors (Lipinski definition) is 4. The van der Waals surface area contributed by atoms with Gasteiger partial charge in [0.15, 0.2) is 5.37 Å². The standard InChI is InChI=1S/C20H12ClF3N2O2S/c21-15-9-8-12(10-14(15)20(22,23)24)25-17-18(27)26(19(28)29-17)16-7-3-5-11-4-1-2-6-13(11)16/h1-10,17,25H. The van der Waals surface area contributed by atoms with E-state index in [1.807, 2.05) is 18.2 Å². The molecular weight excluding hydrogens is 425 g/mol. The summed E-state index contributed by atoms with van der Waals surface area (Å²) in [4.78, 5) is 26.5. The maximum atomic E-state index is 13.1. The Morgan fingerprint density at radius 2 is 1.72 bits per heavy atom. The number of imide groups is 1. The lowest BCUT2D eigenvalue weighted by Crippen LogP contribution is -2.34. The van der Waals surface area contributed by atoms with E-state index in [1.165, 1.54) is 6.07 Å². The molecule has 1 unspecified atom stereocenters. The number of nitrogens with zero attached hydrogens (tertiary/aromatic N) is 1. The smallest absolute Gasteiger partial charge is 0.365 e. The largest absolute Gasteiger partial charge is 0.417 e. The summed E-state index contributed by atoms with van der Waals surface area (Å²) in [5.74, 6) is -0.556. The van der Waals surface area contributed by atoms with Crippen molar-refractivity contribution in [1.29, 1.82) is 0 Å². The molecule has 0 saturated carbocycles. The van der Waals surface area contributed by atoms with Crippen LogP contribution in [0, 0.1) is 0 Å². The molecule has 3 aromatic carbocycles. The molecule has 1 heterocycles. The molecule has 0 bridgehead atoms. The SMILES string of the molecule is O=C1SC(Nc2ccc(Cl)c(C(F)(F)F)c2)C(=O)N1c1cccc2ccccc12. The van der Waals surface area contributed by atoms with Crippen molar-refractivity contribution < 1.29 is 22.8 Å². The van der Waals surface area contributed by atoms with Crippen LogP contribution in [0.4, 0.5) is 29.3 Å². The third-order valence-electron chi connectivity index (χ3n) is 4.42. The van der Waals surface area contributed by atoms with Crippen LogP contribution in [0.15, 0.2) is 60.7 Å². The second-order valence-corrected chi connectivity index (χ2v) is 7.74. The first-order valence-corrected chi connectivity index (χ1v) is 9.67. The lowest BCUT2D eigenvalue weighted by atomic mass is 10.1. The molecule has 1 saturated heterocycles. The first-order chi connectivity index (χ1) is 13.8. The zero-order valence-electron chi connectivity index (χ0n) is 14.5. The highest BCUT2D eigenvalue weighted by Gasteiger charge is 2.41. The van der Waals surface area contributed by atoms with Crippen LogP contribution in [0.1, 0.15) is 5.56 Å².